The summed E-state index contributed by atoms with van der Waals surface area (Å²) in [5, 5.41) is 8.65. The highest BCUT2D eigenvalue weighted by atomic mass is 127. The summed E-state index contributed by atoms with van der Waals surface area (Å²) < 4.78 is 14.1. The molecule has 0 unspecified atom stereocenters. The summed E-state index contributed by atoms with van der Waals surface area (Å²) in [6.07, 6.45) is 0. The largest absolute Gasteiger partial charge is 0.207 e. The highest BCUT2D eigenvalue weighted by molar-refractivity contribution is 14.1. The first-order valence-corrected chi connectivity index (χ1v) is 5.82. The summed E-state index contributed by atoms with van der Waals surface area (Å²) in [7, 11) is 0. The molecular weight excluding hydrogens is 314 g/mol. The molecule has 0 bridgehead atoms. The maximum Gasteiger partial charge on any atom is 0.178 e. The van der Waals surface area contributed by atoms with Gasteiger partial charge in [-0.25, -0.2) is 4.39 Å². The van der Waals surface area contributed by atoms with E-state index in [1.807, 2.05) is 6.07 Å². The van der Waals surface area contributed by atoms with Gasteiger partial charge in [-0.05, 0) is 41.1 Å². The standard InChI is InChI=1S/C9H6FIN2S/c1-5-6(3-2-4-7(5)10)8-12-13-9(11)14-8/h2-4H,1H3. The van der Waals surface area contributed by atoms with Crippen molar-refractivity contribution in [2.75, 3.05) is 0 Å². The fourth-order valence-electron chi connectivity index (χ4n) is 1.15. The van der Waals surface area contributed by atoms with E-state index >= 15 is 0 Å². The number of hydrogen-bond donors (Lipinski definition) is 0. The first kappa shape index (κ1) is 9.97. The quantitative estimate of drug-likeness (QED) is 0.754. The van der Waals surface area contributed by atoms with Crippen LogP contribution in [0.25, 0.3) is 10.6 Å². The Hall–Kier alpha value is -0.560. The lowest BCUT2D eigenvalue weighted by atomic mass is 10.1. The van der Waals surface area contributed by atoms with Crippen LogP contribution in [0.1, 0.15) is 5.56 Å². The van der Waals surface area contributed by atoms with Gasteiger partial charge in [0.05, 0.1) is 0 Å². The smallest absolute Gasteiger partial charge is 0.178 e. The number of hydrogen-bond acceptors (Lipinski definition) is 3. The second-order valence-corrected chi connectivity index (χ2v) is 5.50. The molecule has 1 aromatic carbocycles. The van der Waals surface area contributed by atoms with Crippen molar-refractivity contribution in [3.8, 4) is 10.6 Å². The van der Waals surface area contributed by atoms with Gasteiger partial charge in [0, 0.05) is 5.56 Å². The molecule has 0 aliphatic rings. The van der Waals surface area contributed by atoms with Crippen LogP contribution < -0.4 is 0 Å². The third kappa shape index (κ3) is 1.78. The molecule has 0 spiro atoms. The van der Waals surface area contributed by atoms with Crippen molar-refractivity contribution in [3.63, 3.8) is 0 Å². The number of aromatic nitrogens is 2. The van der Waals surface area contributed by atoms with E-state index in [0.717, 1.165) is 13.6 Å². The molecule has 5 heteroatoms. The molecule has 0 aliphatic carbocycles. The summed E-state index contributed by atoms with van der Waals surface area (Å²) in [6, 6.07) is 4.99. The molecule has 0 atom stereocenters. The van der Waals surface area contributed by atoms with Gasteiger partial charge in [-0.15, -0.1) is 10.2 Å². The fraction of sp³-hybridized carbons (Fsp3) is 0.111. The first-order valence-electron chi connectivity index (χ1n) is 3.93. The van der Waals surface area contributed by atoms with Crippen molar-refractivity contribution in [2.45, 2.75) is 6.92 Å². The molecule has 0 saturated carbocycles. The average Bonchev–Trinajstić information content (AvgIpc) is 2.57. The summed E-state index contributed by atoms with van der Waals surface area (Å²) in [5.74, 6) is -0.201. The molecule has 2 nitrogen and oxygen atoms in total. The van der Waals surface area contributed by atoms with E-state index in [0.29, 0.717) is 5.56 Å². The van der Waals surface area contributed by atoms with Crippen molar-refractivity contribution in [1.29, 1.82) is 0 Å². The Bertz CT molecular complexity index is 470. The van der Waals surface area contributed by atoms with Crippen molar-refractivity contribution in [3.05, 3.63) is 32.6 Å². The molecular formula is C9H6FIN2S. The van der Waals surface area contributed by atoms with Crippen LogP contribution in [0.3, 0.4) is 0 Å². The SMILES string of the molecule is Cc1c(F)cccc1-c1nnc(I)s1. The van der Waals surface area contributed by atoms with Crippen LogP contribution in [-0.4, -0.2) is 10.2 Å². The summed E-state index contributed by atoms with van der Waals surface area (Å²) in [6.45, 7) is 1.75. The third-order valence-electron chi connectivity index (χ3n) is 1.90. The molecule has 2 rings (SSSR count). The third-order valence-corrected chi connectivity index (χ3v) is 3.52. The Balaban J connectivity index is 2.57. The fourth-order valence-corrected chi connectivity index (χ4v) is 2.54. The number of halogens is 2. The Morgan fingerprint density at radius 3 is 2.79 bits per heavy atom. The molecule has 0 N–H and O–H groups in total. The number of nitrogens with zero attached hydrogens (tertiary/aromatic N) is 2. The molecule has 14 heavy (non-hydrogen) atoms. The topological polar surface area (TPSA) is 25.8 Å². The maximum absolute atomic E-state index is 13.2. The van der Waals surface area contributed by atoms with Gasteiger partial charge in [-0.3, -0.25) is 0 Å². The van der Waals surface area contributed by atoms with Crippen LogP contribution in [0.15, 0.2) is 18.2 Å². The predicted octanol–water partition coefficient (Wildman–Crippen LogP) is 3.26. The lowest BCUT2D eigenvalue weighted by molar-refractivity contribution is 0.619. The van der Waals surface area contributed by atoms with Crippen LogP contribution in [-0.2, 0) is 0 Å². The molecule has 0 fully saturated rings. The number of rotatable bonds is 1. The molecule has 1 heterocycles. The molecule has 0 amide bonds. The van der Waals surface area contributed by atoms with E-state index in [1.54, 1.807) is 13.0 Å². The van der Waals surface area contributed by atoms with Crippen molar-refractivity contribution in [1.82, 2.24) is 10.2 Å². The average molecular weight is 320 g/mol. The van der Waals surface area contributed by atoms with Gasteiger partial charge in [0.25, 0.3) is 0 Å². The predicted molar refractivity (Wildman–Crippen MR) is 62.8 cm³/mol. The van der Waals surface area contributed by atoms with Gasteiger partial charge in [0.15, 0.2) is 3.01 Å². The molecule has 0 saturated heterocycles. The Morgan fingerprint density at radius 2 is 2.14 bits per heavy atom. The minimum atomic E-state index is -0.201. The van der Waals surface area contributed by atoms with E-state index in [4.69, 9.17) is 0 Å². The van der Waals surface area contributed by atoms with Gasteiger partial charge >= 0.3 is 0 Å². The van der Waals surface area contributed by atoms with Crippen LogP contribution in [0, 0.1) is 15.8 Å². The zero-order chi connectivity index (χ0) is 10.1. The zero-order valence-electron chi connectivity index (χ0n) is 7.29. The van der Waals surface area contributed by atoms with E-state index in [9.17, 15) is 4.39 Å². The Labute approximate surface area is 98.3 Å². The second kappa shape index (κ2) is 3.90. The lowest BCUT2D eigenvalue weighted by Gasteiger charge is -2.01. The van der Waals surface area contributed by atoms with Crippen molar-refractivity contribution < 1.29 is 4.39 Å². The summed E-state index contributed by atoms with van der Waals surface area (Å²) in [4.78, 5) is 0. The molecule has 2 aromatic rings. The van der Waals surface area contributed by atoms with Crippen LogP contribution in [0.2, 0.25) is 0 Å². The van der Waals surface area contributed by atoms with Gasteiger partial charge in [-0.1, -0.05) is 23.5 Å². The zero-order valence-corrected chi connectivity index (χ0v) is 10.3. The van der Waals surface area contributed by atoms with E-state index < -0.39 is 0 Å². The highest BCUT2D eigenvalue weighted by Gasteiger charge is 2.09. The monoisotopic (exact) mass is 320 g/mol. The van der Waals surface area contributed by atoms with E-state index in [2.05, 4.69) is 32.8 Å². The Kier molecular flexibility index (Phi) is 2.78. The Morgan fingerprint density at radius 1 is 1.36 bits per heavy atom. The van der Waals surface area contributed by atoms with E-state index in [-0.39, 0.29) is 5.82 Å². The summed E-state index contributed by atoms with van der Waals surface area (Å²) >= 11 is 3.56. The van der Waals surface area contributed by atoms with Crippen molar-refractivity contribution >= 4 is 33.9 Å². The second-order valence-electron chi connectivity index (χ2n) is 2.77. The lowest BCUT2D eigenvalue weighted by Crippen LogP contribution is -1.86. The van der Waals surface area contributed by atoms with Gasteiger partial charge in [-0.2, -0.15) is 0 Å². The maximum atomic E-state index is 13.2. The van der Waals surface area contributed by atoms with Crippen LogP contribution in [0.5, 0.6) is 0 Å². The van der Waals surface area contributed by atoms with Crippen LogP contribution >= 0.6 is 33.9 Å². The molecule has 0 radical (unpaired) electrons. The number of benzene rings is 1. The van der Waals surface area contributed by atoms with Gasteiger partial charge in [0.1, 0.15) is 10.8 Å². The minimum Gasteiger partial charge on any atom is -0.207 e. The van der Waals surface area contributed by atoms with E-state index in [1.165, 1.54) is 17.4 Å². The highest BCUT2D eigenvalue weighted by Crippen LogP contribution is 2.28. The first-order chi connectivity index (χ1) is 6.68. The summed E-state index contributed by atoms with van der Waals surface area (Å²) in [5.41, 5.74) is 1.45. The van der Waals surface area contributed by atoms with Gasteiger partial charge < -0.3 is 0 Å². The normalized spacial score (nSPS) is 10.5. The molecule has 72 valence electrons. The van der Waals surface area contributed by atoms with Crippen LogP contribution in [0.4, 0.5) is 4.39 Å². The molecule has 0 aliphatic heterocycles. The van der Waals surface area contributed by atoms with Gasteiger partial charge in [0.2, 0.25) is 0 Å². The van der Waals surface area contributed by atoms with Crippen molar-refractivity contribution in [2.24, 2.45) is 0 Å². The molecule has 1 aromatic heterocycles. The minimum absolute atomic E-state index is 0.201.